The van der Waals surface area contributed by atoms with E-state index in [4.69, 9.17) is 16.3 Å². The Bertz CT molecular complexity index is 1330. The summed E-state index contributed by atoms with van der Waals surface area (Å²) in [4.78, 5) is 10.4. The van der Waals surface area contributed by atoms with Crippen molar-refractivity contribution in [1.82, 2.24) is 9.97 Å². The van der Waals surface area contributed by atoms with Crippen molar-refractivity contribution < 1.29 is 9.13 Å². The van der Waals surface area contributed by atoms with Gasteiger partial charge in [0.1, 0.15) is 16.9 Å². The van der Waals surface area contributed by atoms with E-state index in [9.17, 15) is 5.26 Å². The second-order valence-electron chi connectivity index (χ2n) is 8.32. The van der Waals surface area contributed by atoms with Crippen molar-refractivity contribution in [3.05, 3.63) is 47.5 Å². The van der Waals surface area contributed by atoms with Crippen molar-refractivity contribution in [1.29, 1.82) is 5.26 Å². The number of rotatable bonds is 2. The molecule has 1 aromatic carbocycles. The minimum absolute atomic E-state index is 0.160. The van der Waals surface area contributed by atoms with E-state index in [1.54, 1.807) is 20.9 Å². The molecule has 1 aliphatic heterocycles. The van der Waals surface area contributed by atoms with Crippen molar-refractivity contribution in [3.63, 3.8) is 0 Å². The summed E-state index contributed by atoms with van der Waals surface area (Å²) >= 11 is 0. The second kappa shape index (κ2) is 8.55. The van der Waals surface area contributed by atoms with Gasteiger partial charge in [-0.05, 0) is 26.0 Å². The zero-order chi connectivity index (χ0) is 23.8. The number of nitrogen functional groups attached to an aromatic ring is 1. The molecule has 4 rings (SSSR count). The molecule has 33 heavy (non-hydrogen) atoms. The van der Waals surface area contributed by atoms with E-state index < -0.39 is 11.2 Å². The monoisotopic (exact) mass is 445 g/mol. The molecule has 0 fully saturated rings. The summed E-state index contributed by atoms with van der Waals surface area (Å²) in [7, 11) is 1.61. The molecule has 0 radical (unpaired) electrons. The topological polar surface area (TPSA) is 117 Å². The summed E-state index contributed by atoms with van der Waals surface area (Å²) in [6, 6.07) is 7.84. The molecule has 9 heteroatoms. The van der Waals surface area contributed by atoms with Crippen LogP contribution in [0.2, 0.25) is 0 Å². The molecule has 0 spiro atoms. The third-order valence-corrected chi connectivity index (χ3v) is 5.39. The van der Waals surface area contributed by atoms with Crippen molar-refractivity contribution in [2.75, 3.05) is 35.8 Å². The number of nitrogens with zero attached hydrogens (tertiary/aromatic N) is 5. The van der Waals surface area contributed by atoms with Gasteiger partial charge in [0.2, 0.25) is 0 Å². The van der Waals surface area contributed by atoms with Gasteiger partial charge in [0.25, 0.3) is 0 Å². The number of anilines is 4. The summed E-state index contributed by atoms with van der Waals surface area (Å²) in [5.41, 5.74) is 8.21. The van der Waals surface area contributed by atoms with Crippen LogP contribution in [0.5, 0.6) is 0 Å². The van der Waals surface area contributed by atoms with Gasteiger partial charge in [0.15, 0.2) is 11.6 Å². The highest BCUT2D eigenvalue weighted by Gasteiger charge is 2.26. The van der Waals surface area contributed by atoms with E-state index >= 15 is 4.39 Å². The lowest BCUT2D eigenvalue weighted by Crippen LogP contribution is -2.28. The van der Waals surface area contributed by atoms with Gasteiger partial charge in [-0.3, -0.25) is 4.98 Å². The highest BCUT2D eigenvalue weighted by molar-refractivity contribution is 6.05. The van der Waals surface area contributed by atoms with Crippen LogP contribution in [-0.2, 0) is 11.3 Å². The van der Waals surface area contributed by atoms with Gasteiger partial charge in [-0.1, -0.05) is 17.9 Å². The number of benzene rings is 1. The molecule has 0 amide bonds. The largest absolute Gasteiger partial charge is 0.382 e. The number of hydrogen-bond acceptors (Lipinski definition) is 8. The molecule has 0 saturated carbocycles. The van der Waals surface area contributed by atoms with Gasteiger partial charge in [-0.15, -0.1) is 0 Å². The van der Waals surface area contributed by atoms with Gasteiger partial charge in [-0.25, -0.2) is 15.2 Å². The zero-order valence-electron chi connectivity index (χ0n) is 18.7. The Balaban J connectivity index is 1.96. The minimum atomic E-state index is -0.791. The Morgan fingerprint density at radius 2 is 2.09 bits per heavy atom. The maximum absolute atomic E-state index is 15.1. The van der Waals surface area contributed by atoms with Crippen LogP contribution < -0.4 is 21.5 Å². The fourth-order valence-corrected chi connectivity index (χ4v) is 3.79. The number of pyridine rings is 2. The molecule has 0 aliphatic carbocycles. The summed E-state index contributed by atoms with van der Waals surface area (Å²) in [6.45, 7) is 4.66. The number of hydrazine groups is 1. The average molecular weight is 446 g/mol. The van der Waals surface area contributed by atoms with Crippen molar-refractivity contribution in [2.45, 2.75) is 20.5 Å². The lowest BCUT2D eigenvalue weighted by atomic mass is 9.95. The molecule has 3 aromatic rings. The van der Waals surface area contributed by atoms with Crippen LogP contribution in [0, 0.1) is 34.4 Å². The smallest absolute Gasteiger partial charge is 0.153 e. The van der Waals surface area contributed by atoms with Gasteiger partial charge in [0.05, 0.1) is 30.9 Å². The van der Waals surface area contributed by atoms with Gasteiger partial charge in [0, 0.05) is 42.0 Å². The van der Waals surface area contributed by atoms with Crippen molar-refractivity contribution in [3.8, 4) is 17.9 Å². The second-order valence-corrected chi connectivity index (χ2v) is 8.32. The van der Waals surface area contributed by atoms with Gasteiger partial charge < -0.3 is 20.4 Å². The van der Waals surface area contributed by atoms with E-state index in [1.807, 2.05) is 23.1 Å². The molecule has 0 saturated heterocycles. The summed E-state index contributed by atoms with van der Waals surface area (Å²) in [5.74, 6) is 12.1. The zero-order valence-corrected chi connectivity index (χ0v) is 18.7. The van der Waals surface area contributed by atoms with Gasteiger partial charge >= 0.3 is 0 Å². The van der Waals surface area contributed by atoms with Crippen LogP contribution in [0.4, 0.5) is 27.4 Å². The number of hydrogen-bond donors (Lipinski definition) is 2. The summed E-state index contributed by atoms with van der Waals surface area (Å²) in [5, 5.41) is 11.3. The maximum atomic E-state index is 15.1. The maximum Gasteiger partial charge on any atom is 0.153 e. The van der Waals surface area contributed by atoms with Crippen molar-refractivity contribution in [2.24, 2.45) is 11.3 Å². The van der Waals surface area contributed by atoms with Crippen molar-refractivity contribution >= 4 is 33.8 Å². The molecule has 1 aliphatic rings. The first-order valence-corrected chi connectivity index (χ1v) is 10.4. The molecule has 168 valence electrons. The Morgan fingerprint density at radius 1 is 1.30 bits per heavy atom. The molecular weight excluding hydrogens is 421 g/mol. The molecule has 0 atom stereocenters. The minimum Gasteiger partial charge on any atom is -0.382 e. The lowest BCUT2D eigenvalue weighted by Gasteiger charge is -2.27. The summed E-state index contributed by atoms with van der Waals surface area (Å²) < 4.78 is 20.9. The average Bonchev–Trinajstić information content (AvgIpc) is 3.00. The molecule has 4 N–H and O–H groups in total. The number of aromatic nitrogens is 2. The van der Waals surface area contributed by atoms with Crippen LogP contribution in [0.1, 0.15) is 25.0 Å². The molecule has 0 unspecified atom stereocenters. The number of ether oxygens (including phenoxy) is 1. The number of halogens is 1. The summed E-state index contributed by atoms with van der Waals surface area (Å²) in [6.07, 6.45) is 2.67. The standard InChI is InChI=1S/C24H24FN7O/c1-24(2,14-26)8-7-15-5-4-6-19-17(15)13-33-10-9-32(19)23-20-16(11-29-12-18(20)25)21(31(3)28)22(27)30-23/h4-6,11-12H,9-10,13,28H2,1-3H3,(H2,27,30). The Labute approximate surface area is 191 Å². The quantitative estimate of drug-likeness (QED) is 0.351. The van der Waals surface area contributed by atoms with Crippen LogP contribution in [0.25, 0.3) is 10.8 Å². The predicted octanol–water partition coefficient (Wildman–Crippen LogP) is 3.23. The van der Waals surface area contributed by atoms with E-state index in [1.165, 1.54) is 11.2 Å². The van der Waals surface area contributed by atoms with Crippen LogP contribution >= 0.6 is 0 Å². The van der Waals surface area contributed by atoms with Crippen LogP contribution in [-0.4, -0.2) is 30.2 Å². The van der Waals surface area contributed by atoms with E-state index in [0.29, 0.717) is 36.6 Å². The first-order valence-electron chi connectivity index (χ1n) is 10.4. The Kier molecular flexibility index (Phi) is 5.77. The number of fused-ring (bicyclic) bond motifs is 2. The van der Waals surface area contributed by atoms with E-state index in [0.717, 1.165) is 23.0 Å². The molecule has 3 heterocycles. The Hall–Kier alpha value is -3.92. The van der Waals surface area contributed by atoms with E-state index in [2.05, 4.69) is 27.9 Å². The first kappa shape index (κ1) is 22.3. The predicted molar refractivity (Wildman–Crippen MR) is 126 cm³/mol. The normalized spacial score (nSPS) is 13.5. The van der Waals surface area contributed by atoms with Crippen LogP contribution in [0.3, 0.4) is 0 Å². The SMILES string of the molecule is CN(N)c1c(N)nc(N2CCOCc3c(C#CC(C)(C)C#N)cccc32)c2c(F)cncc12. The number of nitriles is 1. The molecular formula is C24H24FN7O. The fraction of sp³-hybridized carbons (Fsp3) is 0.292. The molecule has 8 nitrogen and oxygen atoms in total. The van der Waals surface area contributed by atoms with Crippen LogP contribution in [0.15, 0.2) is 30.6 Å². The van der Waals surface area contributed by atoms with E-state index in [-0.39, 0.29) is 11.2 Å². The first-order chi connectivity index (χ1) is 15.7. The molecule has 0 bridgehead atoms. The highest BCUT2D eigenvalue weighted by Crippen LogP contribution is 2.40. The van der Waals surface area contributed by atoms with Gasteiger partial charge in [-0.2, -0.15) is 5.26 Å². The Morgan fingerprint density at radius 3 is 2.82 bits per heavy atom. The lowest BCUT2D eigenvalue weighted by molar-refractivity contribution is 0.133. The number of nitrogens with two attached hydrogens (primary N) is 2. The fourth-order valence-electron chi connectivity index (χ4n) is 3.79. The highest BCUT2D eigenvalue weighted by atomic mass is 19.1. The molecule has 2 aromatic heterocycles. The third kappa shape index (κ3) is 4.12. The third-order valence-electron chi connectivity index (χ3n) is 5.39.